The molecule has 13 heteroatoms. The number of methoxy groups -OCH3 is 1. The average molecular weight is 621 g/mol. The molecule has 0 radical (unpaired) electrons. The zero-order valence-electron chi connectivity index (χ0n) is 23.9. The Hall–Kier alpha value is -4.18. The van der Waals surface area contributed by atoms with Gasteiger partial charge in [0.2, 0.25) is 0 Å². The van der Waals surface area contributed by atoms with E-state index < -0.39 is 13.8 Å². The first-order valence-corrected chi connectivity index (χ1v) is 15.3. The number of aromatic nitrogens is 5. The van der Waals surface area contributed by atoms with E-state index in [2.05, 4.69) is 10.2 Å². The molecule has 6 rings (SSSR count). The van der Waals surface area contributed by atoms with Crippen LogP contribution in [0.2, 0.25) is 5.02 Å². The van der Waals surface area contributed by atoms with Crippen LogP contribution in [0, 0.1) is 6.92 Å². The van der Waals surface area contributed by atoms with E-state index in [4.69, 9.17) is 30.4 Å². The van der Waals surface area contributed by atoms with Crippen LogP contribution in [0.1, 0.15) is 41.5 Å². The van der Waals surface area contributed by atoms with Gasteiger partial charge in [-0.25, -0.2) is 9.55 Å². The van der Waals surface area contributed by atoms with Gasteiger partial charge >= 0.3 is 8.25 Å². The number of carbonyl (C=O) groups excluding carboxylic acids is 1. The van der Waals surface area contributed by atoms with Gasteiger partial charge in [0.25, 0.3) is 5.91 Å². The summed E-state index contributed by atoms with van der Waals surface area (Å²) in [5.41, 5.74) is 2.30. The van der Waals surface area contributed by atoms with Crippen LogP contribution in [-0.2, 0) is 21.4 Å². The Balaban J connectivity index is 1.40. The van der Waals surface area contributed by atoms with Crippen LogP contribution in [0.3, 0.4) is 0 Å². The number of aryl methyl sites for hydroxylation is 1. The molecule has 43 heavy (non-hydrogen) atoms. The molecule has 0 saturated carbocycles. The lowest BCUT2D eigenvalue weighted by Crippen LogP contribution is -2.45. The maximum atomic E-state index is 14.4. The molecule has 3 aromatic carbocycles. The third-order valence-electron chi connectivity index (χ3n) is 7.79. The van der Waals surface area contributed by atoms with Crippen molar-refractivity contribution in [3.8, 4) is 17.2 Å². The molecule has 1 aliphatic heterocycles. The van der Waals surface area contributed by atoms with Crippen molar-refractivity contribution in [2.75, 3.05) is 13.7 Å². The monoisotopic (exact) mass is 620 g/mol. The highest BCUT2D eigenvalue weighted by atomic mass is 35.5. The number of amides is 1. The summed E-state index contributed by atoms with van der Waals surface area (Å²) >= 11 is 6.53. The van der Waals surface area contributed by atoms with Gasteiger partial charge < -0.3 is 18.7 Å². The van der Waals surface area contributed by atoms with E-state index in [1.165, 1.54) is 4.80 Å². The minimum Gasteiger partial charge on any atom is -0.497 e. The topological polar surface area (TPSA) is 114 Å². The molecule has 1 unspecified atom stereocenters. The van der Waals surface area contributed by atoms with Gasteiger partial charge in [0, 0.05) is 11.6 Å². The Morgan fingerprint density at radius 3 is 2.58 bits per heavy atom. The van der Waals surface area contributed by atoms with E-state index in [0.717, 1.165) is 17.5 Å². The molecule has 3 heterocycles. The van der Waals surface area contributed by atoms with Crippen LogP contribution in [0.25, 0.3) is 16.7 Å². The van der Waals surface area contributed by atoms with Crippen molar-refractivity contribution in [2.24, 2.45) is 0 Å². The van der Waals surface area contributed by atoms with Crippen molar-refractivity contribution in [2.45, 2.75) is 39.0 Å². The number of likely N-dealkylation sites (tertiary alicyclic amines) is 1. The summed E-state index contributed by atoms with van der Waals surface area (Å²) in [7, 11) is -1.37. The highest BCUT2D eigenvalue weighted by molar-refractivity contribution is 7.33. The molecule has 2 atom stereocenters. The predicted molar refractivity (Wildman–Crippen MR) is 162 cm³/mol. The van der Waals surface area contributed by atoms with Crippen molar-refractivity contribution in [3.05, 3.63) is 95.0 Å². The van der Waals surface area contributed by atoms with Gasteiger partial charge in [0.15, 0.2) is 0 Å². The number of nitrogens with zero attached hydrogens (tertiary/aromatic N) is 6. The number of imidazole rings is 1. The molecule has 222 valence electrons. The summed E-state index contributed by atoms with van der Waals surface area (Å²) < 4.78 is 31.5. The van der Waals surface area contributed by atoms with Crippen molar-refractivity contribution in [3.63, 3.8) is 0 Å². The summed E-state index contributed by atoms with van der Waals surface area (Å²) in [6, 6.07) is 17.7. The van der Waals surface area contributed by atoms with Crippen LogP contribution in [0.15, 0.2) is 73.1 Å². The molecule has 0 spiro atoms. The van der Waals surface area contributed by atoms with E-state index in [1.54, 1.807) is 68.0 Å². The van der Waals surface area contributed by atoms with Gasteiger partial charge in [0.05, 0.1) is 47.3 Å². The summed E-state index contributed by atoms with van der Waals surface area (Å²) in [6.45, 7) is 4.27. The number of ether oxygens (including phenoxy) is 1. The quantitative estimate of drug-likeness (QED) is 0.180. The maximum absolute atomic E-state index is 14.4. The fourth-order valence-corrected chi connectivity index (χ4v) is 6.41. The van der Waals surface area contributed by atoms with Gasteiger partial charge in [-0.2, -0.15) is 15.0 Å². The Morgan fingerprint density at radius 1 is 1.07 bits per heavy atom. The highest BCUT2D eigenvalue weighted by Gasteiger charge is 2.46. The largest absolute Gasteiger partial charge is 0.497 e. The van der Waals surface area contributed by atoms with Crippen molar-refractivity contribution in [1.82, 2.24) is 29.4 Å². The summed E-state index contributed by atoms with van der Waals surface area (Å²) in [5, 5.41) is 9.06. The van der Waals surface area contributed by atoms with Crippen LogP contribution in [-0.4, -0.2) is 49.0 Å². The number of hydrogen-bond donors (Lipinski definition) is 0. The number of para-hydroxylation sites is 1. The fourth-order valence-electron chi connectivity index (χ4n) is 5.64. The third kappa shape index (κ3) is 5.40. The normalized spacial score (nSPS) is 17.3. The number of hydrogen-bond acceptors (Lipinski definition) is 8. The van der Waals surface area contributed by atoms with Gasteiger partial charge in [-0.05, 0) is 74.7 Å². The first kappa shape index (κ1) is 28.9. The van der Waals surface area contributed by atoms with Crippen LogP contribution in [0.4, 0.5) is 0 Å². The van der Waals surface area contributed by atoms with Crippen molar-refractivity contribution >= 4 is 36.8 Å². The molecule has 1 fully saturated rings. The second-order valence-electron chi connectivity index (χ2n) is 10.4. The van der Waals surface area contributed by atoms with Crippen LogP contribution in [0.5, 0.6) is 11.5 Å². The number of fused-ring (bicyclic) bond motifs is 1. The van der Waals surface area contributed by atoms with E-state index in [0.29, 0.717) is 52.1 Å². The Labute approximate surface area is 253 Å². The number of rotatable bonds is 9. The predicted octanol–water partition coefficient (Wildman–Crippen LogP) is 6.18. The fraction of sp³-hybridized carbons (Fsp3) is 0.267. The molecule has 5 aromatic rings. The first-order chi connectivity index (χ1) is 20.8. The molecule has 0 bridgehead atoms. The minimum atomic E-state index is -2.92. The maximum Gasteiger partial charge on any atom is 0.369 e. The zero-order valence-corrected chi connectivity index (χ0v) is 25.6. The molecule has 1 amide bonds. The molecule has 1 saturated heterocycles. The van der Waals surface area contributed by atoms with Crippen molar-refractivity contribution < 1.29 is 23.1 Å². The second kappa shape index (κ2) is 11.8. The smallest absolute Gasteiger partial charge is 0.369 e. The van der Waals surface area contributed by atoms with Gasteiger partial charge in [0.1, 0.15) is 24.1 Å². The summed E-state index contributed by atoms with van der Waals surface area (Å²) in [6.07, 6.45) is 4.51. The standard InChI is InChI=1S/C30H30ClN6O5P/c1-20-24(31)11-12-25-27(20)35(19-41-43(39)42-21-8-5-4-6-9-21)29(34-25)30(2)14-7-17-36(30)28(38)23-18-22(40-3)10-13-26(23)37-32-15-16-33-37/h4-6,8-13,15-16,18,43H,7,14,17,19H2,1-3H3/t30-/m0/s1. The van der Waals surface area contributed by atoms with Gasteiger partial charge in [-0.15, -0.1) is 0 Å². The van der Waals surface area contributed by atoms with Crippen LogP contribution >= 0.6 is 19.9 Å². The number of benzene rings is 3. The van der Waals surface area contributed by atoms with E-state index >= 15 is 0 Å². The third-order valence-corrected chi connectivity index (χ3v) is 8.96. The Morgan fingerprint density at radius 2 is 1.84 bits per heavy atom. The molecule has 2 aromatic heterocycles. The molecule has 1 aliphatic rings. The average Bonchev–Trinajstić information content (AvgIpc) is 3.77. The first-order valence-electron chi connectivity index (χ1n) is 13.7. The lowest BCUT2D eigenvalue weighted by Gasteiger charge is -2.35. The van der Waals surface area contributed by atoms with Gasteiger partial charge in [-0.3, -0.25) is 9.32 Å². The molecule has 11 nitrogen and oxygen atoms in total. The van der Waals surface area contributed by atoms with Crippen LogP contribution < -0.4 is 9.26 Å². The summed E-state index contributed by atoms with van der Waals surface area (Å²) in [4.78, 5) is 22.6. The molecular weight excluding hydrogens is 591 g/mol. The molecular formula is C30H30ClN6O5P. The number of halogens is 1. The van der Waals surface area contributed by atoms with Crippen molar-refractivity contribution in [1.29, 1.82) is 0 Å². The zero-order chi connectivity index (χ0) is 30.1. The summed E-state index contributed by atoms with van der Waals surface area (Å²) in [5.74, 6) is 1.35. The van der Waals surface area contributed by atoms with E-state index in [9.17, 15) is 9.36 Å². The SMILES string of the molecule is COc1ccc(-n2nccn2)c(C(=O)N2CCC[C@@]2(C)c2nc3ccc(Cl)c(C)c3n2CO[PH](=O)Oc2ccccc2)c1. The lowest BCUT2D eigenvalue weighted by molar-refractivity contribution is 0.0587. The molecule has 0 aliphatic carbocycles. The van der Waals surface area contributed by atoms with E-state index in [1.807, 2.05) is 35.4 Å². The molecule has 0 N–H and O–H groups in total. The minimum absolute atomic E-state index is 0.114. The highest BCUT2D eigenvalue weighted by Crippen LogP contribution is 2.42. The second-order valence-corrected chi connectivity index (χ2v) is 11.8. The Bertz CT molecular complexity index is 1810. The number of carbonyl (C=O) groups is 1. The van der Waals surface area contributed by atoms with E-state index in [-0.39, 0.29) is 12.6 Å². The Kier molecular flexibility index (Phi) is 7.96. The lowest BCUT2D eigenvalue weighted by atomic mass is 9.96. The van der Waals surface area contributed by atoms with Gasteiger partial charge in [-0.1, -0.05) is 29.8 Å².